The van der Waals surface area contributed by atoms with Gasteiger partial charge in [-0.15, -0.1) is 0 Å². The summed E-state index contributed by atoms with van der Waals surface area (Å²) in [4.78, 5) is 11.8. The molecule has 0 bridgehead atoms. The molecule has 2 heterocycles. The van der Waals surface area contributed by atoms with Crippen LogP contribution >= 0.6 is 0 Å². The standard InChI is InChI=1S/C13H22N4O/c1-10-11(9-16-17-10)5-4-8-15-13(18)12-6-2-3-7-14-12/h9,12,14H,2-8H2,1H3,(H,15,18)(H,16,17)/t12-/m0/s1. The molecule has 1 aliphatic rings. The van der Waals surface area contributed by atoms with Crippen LogP contribution in [0, 0.1) is 6.92 Å². The highest BCUT2D eigenvalue weighted by molar-refractivity contribution is 5.81. The van der Waals surface area contributed by atoms with Gasteiger partial charge >= 0.3 is 0 Å². The van der Waals surface area contributed by atoms with E-state index in [2.05, 4.69) is 20.8 Å². The molecule has 5 heteroatoms. The minimum atomic E-state index is 0.0226. The lowest BCUT2D eigenvalue weighted by Gasteiger charge is -2.22. The number of carbonyl (C=O) groups excluding carboxylic acids is 1. The molecule has 0 aliphatic carbocycles. The second kappa shape index (κ2) is 6.54. The van der Waals surface area contributed by atoms with Crippen LogP contribution in [0.3, 0.4) is 0 Å². The minimum Gasteiger partial charge on any atom is -0.355 e. The van der Waals surface area contributed by atoms with Gasteiger partial charge in [-0.25, -0.2) is 0 Å². The number of H-pyrrole nitrogens is 1. The maximum Gasteiger partial charge on any atom is 0.237 e. The fourth-order valence-corrected chi connectivity index (χ4v) is 2.32. The fourth-order valence-electron chi connectivity index (χ4n) is 2.32. The summed E-state index contributed by atoms with van der Waals surface area (Å²) in [6.45, 7) is 3.72. The normalized spacial score (nSPS) is 19.7. The molecule has 1 amide bonds. The van der Waals surface area contributed by atoms with E-state index in [9.17, 15) is 4.79 Å². The summed E-state index contributed by atoms with van der Waals surface area (Å²) in [5.41, 5.74) is 2.36. The SMILES string of the molecule is Cc1[nH]ncc1CCCNC(=O)[C@@H]1CCCCN1. The summed E-state index contributed by atoms with van der Waals surface area (Å²) >= 11 is 0. The molecule has 0 aromatic carbocycles. The van der Waals surface area contributed by atoms with Crippen LogP contribution in [0.1, 0.15) is 36.9 Å². The number of carbonyl (C=O) groups is 1. The Morgan fingerprint density at radius 2 is 2.44 bits per heavy atom. The van der Waals surface area contributed by atoms with Gasteiger partial charge in [0.05, 0.1) is 12.2 Å². The van der Waals surface area contributed by atoms with Gasteiger partial charge in [-0.3, -0.25) is 9.89 Å². The molecule has 1 atom stereocenters. The lowest BCUT2D eigenvalue weighted by Crippen LogP contribution is -2.46. The zero-order valence-corrected chi connectivity index (χ0v) is 11.0. The van der Waals surface area contributed by atoms with Gasteiger partial charge in [0, 0.05) is 12.2 Å². The molecule has 0 spiro atoms. The van der Waals surface area contributed by atoms with Gasteiger partial charge in [-0.1, -0.05) is 6.42 Å². The van der Waals surface area contributed by atoms with Crippen molar-refractivity contribution in [3.8, 4) is 0 Å². The Bertz CT molecular complexity index is 382. The van der Waals surface area contributed by atoms with E-state index in [0.717, 1.165) is 44.5 Å². The molecule has 18 heavy (non-hydrogen) atoms. The second-order valence-electron chi connectivity index (χ2n) is 4.92. The number of piperidine rings is 1. The summed E-state index contributed by atoms with van der Waals surface area (Å²) in [7, 11) is 0. The van der Waals surface area contributed by atoms with E-state index < -0.39 is 0 Å². The van der Waals surface area contributed by atoms with E-state index in [0.29, 0.717) is 0 Å². The third kappa shape index (κ3) is 3.57. The van der Waals surface area contributed by atoms with E-state index in [1.54, 1.807) is 0 Å². The van der Waals surface area contributed by atoms with Crippen molar-refractivity contribution in [1.29, 1.82) is 0 Å². The Morgan fingerprint density at radius 1 is 1.56 bits per heavy atom. The van der Waals surface area contributed by atoms with Gasteiger partial charge < -0.3 is 10.6 Å². The van der Waals surface area contributed by atoms with Crippen molar-refractivity contribution in [2.24, 2.45) is 0 Å². The van der Waals surface area contributed by atoms with Gasteiger partial charge in [-0.2, -0.15) is 5.10 Å². The predicted octanol–water partition coefficient (Wildman–Crippen LogP) is 0.909. The summed E-state index contributed by atoms with van der Waals surface area (Å²) in [6, 6.07) is 0.0226. The number of nitrogens with zero attached hydrogens (tertiary/aromatic N) is 1. The number of aromatic amines is 1. The molecular formula is C13H22N4O. The van der Waals surface area contributed by atoms with Gasteiger partial charge in [0.1, 0.15) is 0 Å². The number of aryl methyl sites for hydroxylation is 2. The lowest BCUT2D eigenvalue weighted by atomic mass is 10.0. The third-order valence-corrected chi connectivity index (χ3v) is 3.48. The van der Waals surface area contributed by atoms with E-state index >= 15 is 0 Å². The summed E-state index contributed by atoms with van der Waals surface area (Å²) in [5.74, 6) is 0.151. The minimum absolute atomic E-state index is 0.0226. The van der Waals surface area contributed by atoms with Gasteiger partial charge in [0.25, 0.3) is 0 Å². The highest BCUT2D eigenvalue weighted by atomic mass is 16.2. The lowest BCUT2D eigenvalue weighted by molar-refractivity contribution is -0.123. The molecule has 1 aromatic heterocycles. The van der Waals surface area contributed by atoms with E-state index in [4.69, 9.17) is 0 Å². The third-order valence-electron chi connectivity index (χ3n) is 3.48. The van der Waals surface area contributed by atoms with Crippen molar-refractivity contribution in [3.63, 3.8) is 0 Å². The Hall–Kier alpha value is -1.36. The van der Waals surface area contributed by atoms with E-state index in [-0.39, 0.29) is 11.9 Å². The van der Waals surface area contributed by atoms with E-state index in [1.165, 1.54) is 12.0 Å². The Kier molecular flexibility index (Phi) is 4.75. The first-order valence-corrected chi connectivity index (χ1v) is 6.77. The first-order valence-electron chi connectivity index (χ1n) is 6.77. The van der Waals surface area contributed by atoms with Crippen LogP contribution in [-0.2, 0) is 11.2 Å². The summed E-state index contributed by atoms with van der Waals surface area (Å²) < 4.78 is 0. The van der Waals surface area contributed by atoms with Crippen LogP contribution in [-0.4, -0.2) is 35.2 Å². The van der Waals surface area contributed by atoms with Gasteiger partial charge in [-0.05, 0) is 44.7 Å². The smallest absolute Gasteiger partial charge is 0.237 e. The average Bonchev–Trinajstić information content (AvgIpc) is 2.81. The highest BCUT2D eigenvalue weighted by Gasteiger charge is 2.19. The van der Waals surface area contributed by atoms with Gasteiger partial charge in [0.2, 0.25) is 5.91 Å². The molecule has 3 N–H and O–H groups in total. The maximum absolute atomic E-state index is 11.8. The molecule has 5 nitrogen and oxygen atoms in total. The van der Waals surface area contributed by atoms with Crippen LogP contribution in [0.5, 0.6) is 0 Å². The largest absolute Gasteiger partial charge is 0.355 e. The van der Waals surface area contributed by atoms with Crippen LogP contribution in [0.2, 0.25) is 0 Å². The monoisotopic (exact) mass is 250 g/mol. The summed E-state index contributed by atoms with van der Waals surface area (Å²) in [6.07, 6.45) is 7.08. The first-order chi connectivity index (χ1) is 8.77. The predicted molar refractivity (Wildman–Crippen MR) is 70.3 cm³/mol. The van der Waals surface area contributed by atoms with E-state index in [1.807, 2.05) is 13.1 Å². The molecule has 1 aromatic rings. The number of rotatable bonds is 5. The number of nitrogens with one attached hydrogen (secondary N) is 3. The first kappa shape index (κ1) is 13.1. The van der Waals surface area contributed by atoms with Crippen molar-refractivity contribution in [1.82, 2.24) is 20.8 Å². The van der Waals surface area contributed by atoms with Gasteiger partial charge in [0.15, 0.2) is 0 Å². The fraction of sp³-hybridized carbons (Fsp3) is 0.692. The molecule has 0 saturated carbocycles. The maximum atomic E-state index is 11.8. The summed E-state index contributed by atoms with van der Waals surface area (Å²) in [5, 5.41) is 13.2. The van der Waals surface area contributed by atoms with Crippen molar-refractivity contribution >= 4 is 5.91 Å². The zero-order valence-electron chi connectivity index (χ0n) is 11.0. The molecule has 2 rings (SSSR count). The zero-order chi connectivity index (χ0) is 12.8. The molecule has 1 fully saturated rings. The molecule has 0 unspecified atom stereocenters. The highest BCUT2D eigenvalue weighted by Crippen LogP contribution is 2.07. The van der Waals surface area contributed by atoms with Crippen molar-refractivity contribution in [2.45, 2.75) is 45.1 Å². The Morgan fingerprint density at radius 3 is 3.11 bits per heavy atom. The second-order valence-corrected chi connectivity index (χ2v) is 4.92. The van der Waals surface area contributed by atoms with Crippen molar-refractivity contribution < 1.29 is 4.79 Å². The Balaban J connectivity index is 1.63. The van der Waals surface area contributed by atoms with Crippen molar-refractivity contribution in [3.05, 3.63) is 17.5 Å². The number of hydrogen-bond acceptors (Lipinski definition) is 3. The molecular weight excluding hydrogens is 228 g/mol. The molecule has 0 radical (unpaired) electrons. The Labute approximate surface area is 108 Å². The molecule has 1 aliphatic heterocycles. The van der Waals surface area contributed by atoms with Crippen molar-refractivity contribution in [2.75, 3.05) is 13.1 Å². The van der Waals surface area contributed by atoms with Crippen LogP contribution < -0.4 is 10.6 Å². The number of aromatic nitrogens is 2. The number of amides is 1. The van der Waals surface area contributed by atoms with Crippen LogP contribution in [0.25, 0.3) is 0 Å². The van der Waals surface area contributed by atoms with Crippen LogP contribution in [0.4, 0.5) is 0 Å². The average molecular weight is 250 g/mol. The molecule has 100 valence electrons. The van der Waals surface area contributed by atoms with Crippen LogP contribution in [0.15, 0.2) is 6.20 Å². The quantitative estimate of drug-likeness (QED) is 0.680. The molecule has 1 saturated heterocycles. The topological polar surface area (TPSA) is 69.8 Å². The number of hydrogen-bond donors (Lipinski definition) is 3.